The summed E-state index contributed by atoms with van der Waals surface area (Å²) in [5.41, 5.74) is 16.6. The molecule has 0 aliphatic rings. The lowest BCUT2D eigenvalue weighted by molar-refractivity contribution is -0.137. The molecule has 0 bridgehead atoms. The molecule has 3 amide bonds. The van der Waals surface area contributed by atoms with Gasteiger partial charge < -0.3 is 39.9 Å². The maximum Gasteiger partial charge on any atom is 0.303 e. The van der Waals surface area contributed by atoms with Crippen molar-refractivity contribution in [1.29, 1.82) is 0 Å². The smallest absolute Gasteiger partial charge is 0.303 e. The maximum atomic E-state index is 13.9. The fourth-order valence-corrected chi connectivity index (χ4v) is 8.29. The molecule has 21 heteroatoms. The normalized spacial score (nSPS) is 11.6. The van der Waals surface area contributed by atoms with Gasteiger partial charge in [0.2, 0.25) is 17.8 Å². The second kappa shape index (κ2) is 22.4. The molecule has 2 aromatic carbocycles. The first-order valence-electron chi connectivity index (χ1n) is 23.2. The number of nitrogens with one attached hydrogen (secondary N) is 1. The first kappa shape index (κ1) is 50.0. The van der Waals surface area contributed by atoms with E-state index in [1.165, 1.54) is 0 Å². The lowest BCUT2D eigenvalue weighted by atomic mass is 10.1. The van der Waals surface area contributed by atoms with Crippen LogP contribution in [0.2, 0.25) is 0 Å². The number of aliphatic carboxylic acids is 1. The Morgan fingerprint density at radius 1 is 0.714 bits per heavy atom. The summed E-state index contributed by atoms with van der Waals surface area (Å²) in [6.07, 6.45) is 7.83. The number of rotatable bonds is 26. The van der Waals surface area contributed by atoms with Crippen LogP contribution in [0.15, 0.2) is 54.7 Å². The van der Waals surface area contributed by atoms with E-state index in [1.54, 1.807) is 59.8 Å². The van der Waals surface area contributed by atoms with Gasteiger partial charge in [0.25, 0.3) is 5.91 Å². The van der Waals surface area contributed by atoms with E-state index >= 15 is 0 Å². The molecular formula is C49H58N12O9. The second-order valence-electron chi connectivity index (χ2n) is 16.7. The van der Waals surface area contributed by atoms with Gasteiger partial charge in [-0.15, -0.1) is 0 Å². The molecule has 0 aliphatic carbocycles. The van der Waals surface area contributed by atoms with Crippen molar-refractivity contribution in [3.63, 3.8) is 0 Å². The van der Waals surface area contributed by atoms with Crippen molar-refractivity contribution < 1.29 is 43.3 Å². The zero-order valence-corrected chi connectivity index (χ0v) is 40.0. The summed E-state index contributed by atoms with van der Waals surface area (Å²) in [6.45, 7) is 9.92. The minimum Gasteiger partial charge on any atom is -0.491 e. The van der Waals surface area contributed by atoms with E-state index < -0.39 is 23.7 Å². The first-order chi connectivity index (χ1) is 33.7. The van der Waals surface area contributed by atoms with Gasteiger partial charge in [0.15, 0.2) is 5.82 Å². The first-order valence-corrected chi connectivity index (χ1v) is 23.2. The number of primary amides is 2. The predicted molar refractivity (Wildman–Crippen MR) is 261 cm³/mol. The second-order valence-corrected chi connectivity index (χ2v) is 16.7. The summed E-state index contributed by atoms with van der Waals surface area (Å²) in [4.78, 5) is 77.2. The highest BCUT2D eigenvalue weighted by atomic mass is 16.5. The molecule has 0 saturated carbocycles. The summed E-state index contributed by atoms with van der Waals surface area (Å²) < 4.78 is 25.1. The van der Waals surface area contributed by atoms with Crippen molar-refractivity contribution in [2.24, 2.45) is 11.5 Å². The number of amides is 3. The number of allylic oxidation sites excluding steroid dienone is 2. The van der Waals surface area contributed by atoms with E-state index in [0.29, 0.717) is 101 Å². The highest BCUT2D eigenvalue weighted by Crippen LogP contribution is 2.37. The summed E-state index contributed by atoms with van der Waals surface area (Å²) in [6, 6.07) is 10.0. The number of anilines is 1. The third-order valence-electron chi connectivity index (χ3n) is 11.6. The third kappa shape index (κ3) is 11.3. The highest BCUT2D eigenvalue weighted by Gasteiger charge is 2.24. The number of carboxylic acids is 1. The number of carbonyl (C=O) groups is 5. The number of carbonyl (C=O) groups excluding carboxylic acids is 4. The van der Waals surface area contributed by atoms with Crippen LogP contribution in [0.3, 0.4) is 0 Å². The molecule has 0 saturated heterocycles. The average Bonchev–Trinajstić information content (AvgIpc) is 4.09. The number of nitrogens with zero attached hydrogens (tertiary/aromatic N) is 9. The lowest BCUT2D eigenvalue weighted by Gasteiger charge is -2.13. The van der Waals surface area contributed by atoms with Gasteiger partial charge in [-0.3, -0.25) is 38.7 Å². The summed E-state index contributed by atoms with van der Waals surface area (Å²) in [7, 11) is 1.60. The van der Waals surface area contributed by atoms with Crippen LogP contribution in [-0.2, 0) is 40.5 Å². The molecule has 6 N–H and O–H groups in total. The molecule has 0 atom stereocenters. The number of ether oxygens (including phenoxy) is 3. The number of carboxylic acid groups (broad SMARTS) is 1. The minimum absolute atomic E-state index is 0.0151. The number of ketones is 1. The van der Waals surface area contributed by atoms with Gasteiger partial charge in [0, 0.05) is 93.7 Å². The lowest BCUT2D eigenvalue weighted by Crippen LogP contribution is -2.20. The molecule has 0 spiro atoms. The van der Waals surface area contributed by atoms with E-state index in [0.717, 1.165) is 11.4 Å². The van der Waals surface area contributed by atoms with Crippen LogP contribution in [0, 0.1) is 13.8 Å². The summed E-state index contributed by atoms with van der Waals surface area (Å²) >= 11 is 0. The Kier molecular flexibility index (Phi) is 16.0. The van der Waals surface area contributed by atoms with Crippen LogP contribution < -0.4 is 26.3 Å². The molecule has 0 aliphatic heterocycles. The Balaban J connectivity index is 1.29. The molecule has 5 heterocycles. The molecule has 70 heavy (non-hydrogen) atoms. The fraction of sp³-hybridized carbons (Fsp3) is 0.388. The van der Waals surface area contributed by atoms with E-state index in [1.807, 2.05) is 48.2 Å². The van der Waals surface area contributed by atoms with E-state index in [-0.39, 0.29) is 74.8 Å². The van der Waals surface area contributed by atoms with Crippen LogP contribution in [0.4, 0.5) is 5.95 Å². The van der Waals surface area contributed by atoms with Crippen LogP contribution in [0.1, 0.15) is 101 Å². The number of benzene rings is 2. The van der Waals surface area contributed by atoms with Crippen LogP contribution in [0.25, 0.3) is 44.5 Å². The zero-order chi connectivity index (χ0) is 50.1. The van der Waals surface area contributed by atoms with Crippen molar-refractivity contribution in [1.82, 2.24) is 43.6 Å². The predicted octanol–water partition coefficient (Wildman–Crippen LogP) is 6.15. The van der Waals surface area contributed by atoms with E-state index in [2.05, 4.69) is 15.5 Å². The van der Waals surface area contributed by atoms with Crippen molar-refractivity contribution in [2.75, 3.05) is 32.2 Å². The molecular weight excluding hydrogens is 901 g/mol. The Bertz CT molecular complexity index is 3120. The number of hydrogen-bond donors (Lipinski definition) is 4. The number of nitrogens with two attached hydrogens (primary N) is 2. The van der Waals surface area contributed by atoms with Crippen LogP contribution in [0.5, 0.6) is 11.5 Å². The van der Waals surface area contributed by atoms with Crippen LogP contribution in [-0.4, -0.2) is 105 Å². The monoisotopic (exact) mass is 958 g/mol. The number of aromatic nitrogens is 9. The third-order valence-corrected chi connectivity index (χ3v) is 11.6. The van der Waals surface area contributed by atoms with Gasteiger partial charge in [-0.25, -0.2) is 15.0 Å². The Morgan fingerprint density at radius 2 is 1.36 bits per heavy atom. The van der Waals surface area contributed by atoms with Gasteiger partial charge in [0.1, 0.15) is 39.8 Å². The number of hydrogen-bond acceptors (Lipinski definition) is 13. The number of imidazole rings is 1. The maximum absolute atomic E-state index is 13.9. The highest BCUT2D eigenvalue weighted by molar-refractivity contribution is 6.12. The summed E-state index contributed by atoms with van der Waals surface area (Å²) in [5.74, 6) is -1.40. The molecule has 7 rings (SSSR count). The number of Topliss-reactive ketones (excluding diaryl/α,β-unsaturated/α-hetero) is 1. The van der Waals surface area contributed by atoms with Crippen molar-refractivity contribution >= 4 is 68.4 Å². The quantitative estimate of drug-likeness (QED) is 0.0350. The molecule has 368 valence electrons. The van der Waals surface area contributed by atoms with Gasteiger partial charge >= 0.3 is 5.97 Å². The van der Waals surface area contributed by atoms with Crippen molar-refractivity contribution in [2.45, 2.75) is 98.8 Å². The Labute approximate surface area is 402 Å². The minimum atomic E-state index is -0.937. The van der Waals surface area contributed by atoms with E-state index in [4.69, 9.17) is 45.7 Å². The zero-order valence-electron chi connectivity index (χ0n) is 40.0. The van der Waals surface area contributed by atoms with Gasteiger partial charge in [-0.05, 0) is 83.4 Å². The van der Waals surface area contributed by atoms with Gasteiger partial charge in [-0.1, -0.05) is 12.2 Å². The Hall–Kier alpha value is -7.94. The van der Waals surface area contributed by atoms with Crippen molar-refractivity contribution in [3.05, 3.63) is 83.0 Å². The topological polar surface area (TPSA) is 282 Å². The average molecular weight is 959 g/mol. The summed E-state index contributed by atoms with van der Waals surface area (Å²) in [5, 5.41) is 22.2. The largest absolute Gasteiger partial charge is 0.491 e. The molecule has 0 unspecified atom stereocenters. The molecule has 5 aromatic heterocycles. The SMILES string of the molecule is CCn1nc(C)cc1C(=O)Nc1nc2cc(C(N)=O)cc(OCCCOC)c2n1C/C=C/Cn1c2nc(-c3cc(C)nn3CC)ncc2c2cc(C(N)=O)cc(OCCCCC(=O)CCCC(=O)O)c21. The molecule has 7 aromatic rings. The number of fused-ring (bicyclic) bond motifs is 4. The van der Waals surface area contributed by atoms with Gasteiger partial charge in [0.05, 0.1) is 35.6 Å². The number of aryl methyl sites for hydroxylation is 4. The standard InChI is InChI=1S/C49H58N12O9/c1-6-60-37(22-29(3)56-60)46-52-28-35-34-24-31(44(50)65)26-39(69-20-11-8-14-33(62)15-12-16-41(63)64)42(34)58(47(35)54-46)17-9-10-18-59-43-36(25-32(45(51)66)27-40(43)70-21-13-19-68-5)53-49(59)55-48(67)38-23-30(4)57-61(38)7-2/h9-10,22-28H,6-8,11-21H2,1-5H3,(H2,50,65)(H2,51,66)(H,63,64)(H,53,55,67)/b10-9+. The van der Waals surface area contributed by atoms with Gasteiger partial charge in [-0.2, -0.15) is 10.2 Å². The van der Waals surface area contributed by atoms with E-state index in [9.17, 15) is 24.0 Å². The number of methoxy groups -OCH3 is 1. The number of unbranched alkanes of at least 4 members (excludes halogenated alkanes) is 1. The fourth-order valence-electron chi connectivity index (χ4n) is 8.29. The molecule has 0 radical (unpaired) electrons. The molecule has 21 nitrogen and oxygen atoms in total. The van der Waals surface area contributed by atoms with Crippen molar-refractivity contribution in [3.8, 4) is 23.0 Å². The van der Waals surface area contributed by atoms with Crippen LogP contribution >= 0.6 is 0 Å². The molecule has 0 fully saturated rings. The Morgan fingerprint density at radius 3 is 2.04 bits per heavy atom.